The third-order valence-corrected chi connectivity index (χ3v) is 2.69. The summed E-state index contributed by atoms with van der Waals surface area (Å²) in [4.78, 5) is 15.7. The molecule has 1 unspecified atom stereocenters. The Bertz CT molecular complexity index is 366. The Balaban J connectivity index is 2.80. The number of hydrogen-bond acceptors (Lipinski definition) is 3. The van der Waals surface area contributed by atoms with Crippen LogP contribution in [0.15, 0.2) is 18.2 Å². The van der Waals surface area contributed by atoms with Gasteiger partial charge in [-0.2, -0.15) is 0 Å². The minimum atomic E-state index is -0.578. The molecule has 0 aliphatic heterocycles. The van der Waals surface area contributed by atoms with E-state index in [0.717, 1.165) is 11.1 Å². The zero-order valence-electron chi connectivity index (χ0n) is 8.79. The summed E-state index contributed by atoms with van der Waals surface area (Å²) >= 11 is 5.89. The third kappa shape index (κ3) is 3.30. The number of rotatable bonds is 4. The Morgan fingerprint density at radius 2 is 2.27 bits per heavy atom. The van der Waals surface area contributed by atoms with E-state index in [-0.39, 0.29) is 5.78 Å². The highest BCUT2D eigenvalue weighted by Crippen LogP contribution is 2.17. The zero-order chi connectivity index (χ0) is 11.4. The van der Waals surface area contributed by atoms with Crippen molar-refractivity contribution in [3.05, 3.63) is 34.3 Å². The van der Waals surface area contributed by atoms with Crippen molar-refractivity contribution in [2.45, 2.75) is 26.4 Å². The highest BCUT2D eigenvalue weighted by atomic mass is 35.5. The average Bonchev–Trinajstić information content (AvgIpc) is 2.19. The lowest BCUT2D eigenvalue weighted by Crippen LogP contribution is -2.27. The third-order valence-electron chi connectivity index (χ3n) is 2.26. The summed E-state index contributed by atoms with van der Waals surface area (Å²) in [6, 6.07) is 5.60. The molecule has 82 valence electrons. The molecule has 0 fully saturated rings. The lowest BCUT2D eigenvalue weighted by Gasteiger charge is -2.11. The molecule has 3 nitrogen and oxygen atoms in total. The van der Waals surface area contributed by atoms with Crippen molar-refractivity contribution in [3.63, 3.8) is 0 Å². The fourth-order valence-corrected chi connectivity index (χ4v) is 1.45. The van der Waals surface area contributed by atoms with Gasteiger partial charge in [-0.15, -0.1) is 0 Å². The number of carbonyl (C=O) groups excluding carboxylic acids is 1. The van der Waals surface area contributed by atoms with Crippen molar-refractivity contribution in [3.8, 4) is 0 Å². The molecule has 0 bridgehead atoms. The van der Waals surface area contributed by atoms with Gasteiger partial charge < -0.3 is 0 Å². The first-order valence-electron chi connectivity index (χ1n) is 4.65. The molecule has 1 aromatic rings. The van der Waals surface area contributed by atoms with Crippen molar-refractivity contribution < 1.29 is 9.63 Å². The molecule has 0 saturated heterocycles. The van der Waals surface area contributed by atoms with E-state index >= 15 is 0 Å². The molecule has 0 aliphatic carbocycles. The van der Waals surface area contributed by atoms with Crippen LogP contribution in [0.5, 0.6) is 0 Å². The van der Waals surface area contributed by atoms with Crippen molar-refractivity contribution in [1.29, 1.82) is 0 Å². The Labute approximate surface area is 94.1 Å². The largest absolute Gasteiger partial charge is 0.297 e. The normalized spacial score (nSPS) is 12.5. The Hall–Kier alpha value is -0.900. The fraction of sp³-hybridized carbons (Fsp3) is 0.364. The minimum Gasteiger partial charge on any atom is -0.297 e. The monoisotopic (exact) mass is 227 g/mol. The van der Waals surface area contributed by atoms with Crippen LogP contribution in [0.25, 0.3) is 0 Å². The zero-order valence-corrected chi connectivity index (χ0v) is 9.54. The van der Waals surface area contributed by atoms with Gasteiger partial charge in [0.2, 0.25) is 0 Å². The second-order valence-corrected chi connectivity index (χ2v) is 3.93. The van der Waals surface area contributed by atoms with Crippen LogP contribution in [0, 0.1) is 6.92 Å². The maximum absolute atomic E-state index is 11.1. The van der Waals surface area contributed by atoms with Crippen LogP contribution < -0.4 is 5.90 Å². The maximum atomic E-state index is 11.1. The Morgan fingerprint density at radius 3 is 2.73 bits per heavy atom. The SMILES string of the molecule is CC(=O)C(Cc1ccc(Cl)c(C)c1)ON. The van der Waals surface area contributed by atoms with Gasteiger partial charge in [-0.3, -0.25) is 9.63 Å². The van der Waals surface area contributed by atoms with Gasteiger partial charge >= 0.3 is 0 Å². The molecule has 0 aromatic heterocycles. The van der Waals surface area contributed by atoms with E-state index in [1.807, 2.05) is 19.1 Å². The summed E-state index contributed by atoms with van der Waals surface area (Å²) in [5.41, 5.74) is 1.97. The van der Waals surface area contributed by atoms with E-state index in [4.69, 9.17) is 17.5 Å². The van der Waals surface area contributed by atoms with E-state index in [9.17, 15) is 4.79 Å². The molecule has 2 N–H and O–H groups in total. The quantitative estimate of drug-likeness (QED) is 0.801. The number of ketones is 1. The van der Waals surface area contributed by atoms with E-state index in [1.165, 1.54) is 6.92 Å². The molecule has 1 aromatic carbocycles. The molecule has 1 atom stereocenters. The maximum Gasteiger partial charge on any atom is 0.160 e. The number of halogens is 1. The van der Waals surface area contributed by atoms with Gasteiger partial charge in [-0.25, -0.2) is 5.90 Å². The minimum absolute atomic E-state index is 0.0786. The molecule has 0 amide bonds. The van der Waals surface area contributed by atoms with Crippen LogP contribution in [0.1, 0.15) is 18.1 Å². The molecule has 1 rings (SSSR count). The first-order valence-corrected chi connectivity index (χ1v) is 5.03. The van der Waals surface area contributed by atoms with Crippen molar-refractivity contribution in [2.75, 3.05) is 0 Å². The number of benzene rings is 1. The molecule has 0 saturated carbocycles. The first kappa shape index (κ1) is 12.2. The standard InChI is InChI=1S/C11H14ClNO2/c1-7-5-9(3-4-10(7)12)6-11(15-13)8(2)14/h3-5,11H,6,13H2,1-2H3. The first-order chi connectivity index (χ1) is 7.04. The smallest absolute Gasteiger partial charge is 0.160 e. The Morgan fingerprint density at radius 1 is 1.60 bits per heavy atom. The second kappa shape index (κ2) is 5.26. The molecule has 0 heterocycles. The van der Waals surface area contributed by atoms with Gasteiger partial charge in [0.05, 0.1) is 0 Å². The number of hydrogen-bond donors (Lipinski definition) is 1. The summed E-state index contributed by atoms with van der Waals surface area (Å²) in [6.45, 7) is 3.37. The molecule has 0 aliphatic rings. The molecule has 0 radical (unpaired) electrons. The van der Waals surface area contributed by atoms with Gasteiger partial charge in [0, 0.05) is 11.4 Å². The fourth-order valence-electron chi connectivity index (χ4n) is 1.34. The van der Waals surface area contributed by atoms with Crippen molar-refractivity contribution in [2.24, 2.45) is 5.90 Å². The molecule has 15 heavy (non-hydrogen) atoms. The lowest BCUT2D eigenvalue weighted by molar-refractivity contribution is -0.128. The van der Waals surface area contributed by atoms with Crippen molar-refractivity contribution in [1.82, 2.24) is 0 Å². The lowest BCUT2D eigenvalue weighted by atomic mass is 10.0. The van der Waals surface area contributed by atoms with E-state index in [0.29, 0.717) is 11.4 Å². The van der Waals surface area contributed by atoms with Crippen LogP contribution in [0.3, 0.4) is 0 Å². The summed E-state index contributed by atoms with van der Waals surface area (Å²) in [6.07, 6.45) is -0.102. The van der Waals surface area contributed by atoms with Crippen LogP contribution in [-0.2, 0) is 16.1 Å². The number of Topliss-reactive ketones (excluding diaryl/α,β-unsaturated/α-hetero) is 1. The molecular formula is C11H14ClNO2. The van der Waals surface area contributed by atoms with Gasteiger partial charge in [0.25, 0.3) is 0 Å². The van der Waals surface area contributed by atoms with Gasteiger partial charge in [-0.1, -0.05) is 23.7 Å². The highest BCUT2D eigenvalue weighted by molar-refractivity contribution is 6.31. The van der Waals surface area contributed by atoms with Crippen LogP contribution in [-0.4, -0.2) is 11.9 Å². The van der Waals surface area contributed by atoms with E-state index in [2.05, 4.69) is 4.84 Å². The van der Waals surface area contributed by atoms with Crippen molar-refractivity contribution >= 4 is 17.4 Å². The number of aryl methyl sites for hydroxylation is 1. The van der Waals surface area contributed by atoms with Crippen LogP contribution in [0.4, 0.5) is 0 Å². The van der Waals surface area contributed by atoms with E-state index < -0.39 is 6.10 Å². The van der Waals surface area contributed by atoms with Crippen LogP contribution >= 0.6 is 11.6 Å². The molecule has 0 spiro atoms. The van der Waals surface area contributed by atoms with Crippen LogP contribution in [0.2, 0.25) is 5.02 Å². The van der Waals surface area contributed by atoms with Gasteiger partial charge in [0.15, 0.2) is 5.78 Å². The molecular weight excluding hydrogens is 214 g/mol. The van der Waals surface area contributed by atoms with E-state index in [1.54, 1.807) is 6.07 Å². The summed E-state index contributed by atoms with van der Waals surface area (Å²) in [7, 11) is 0. The predicted molar refractivity (Wildman–Crippen MR) is 59.6 cm³/mol. The number of carbonyl (C=O) groups is 1. The van der Waals surface area contributed by atoms with Gasteiger partial charge in [-0.05, 0) is 31.0 Å². The number of nitrogens with two attached hydrogens (primary N) is 1. The van der Waals surface area contributed by atoms with Gasteiger partial charge in [0.1, 0.15) is 6.10 Å². The highest BCUT2D eigenvalue weighted by Gasteiger charge is 2.14. The Kier molecular flexibility index (Phi) is 4.27. The summed E-state index contributed by atoms with van der Waals surface area (Å²) < 4.78 is 0. The summed E-state index contributed by atoms with van der Waals surface area (Å²) in [5.74, 6) is 4.96. The average molecular weight is 228 g/mol. The molecule has 4 heteroatoms. The topological polar surface area (TPSA) is 52.3 Å². The summed E-state index contributed by atoms with van der Waals surface area (Å²) in [5, 5.41) is 0.715. The second-order valence-electron chi connectivity index (χ2n) is 3.52. The predicted octanol–water partition coefficient (Wildman–Crippen LogP) is 2.04.